The van der Waals surface area contributed by atoms with E-state index in [9.17, 15) is 5.26 Å². The van der Waals surface area contributed by atoms with E-state index >= 15 is 0 Å². The smallest absolute Gasteiger partial charge is 0.188 e. The van der Waals surface area contributed by atoms with Crippen LogP contribution in [0.1, 0.15) is 5.56 Å². The summed E-state index contributed by atoms with van der Waals surface area (Å²) in [5.74, 6) is 0. The van der Waals surface area contributed by atoms with E-state index in [-0.39, 0.29) is 0 Å². The first-order valence-electron chi connectivity index (χ1n) is 16.1. The molecule has 0 aliphatic rings. The third kappa shape index (κ3) is 3.79. The average molecular weight is 625 g/mol. The first kappa shape index (κ1) is 27.1. The van der Waals surface area contributed by atoms with Gasteiger partial charge in [0.25, 0.3) is 0 Å². The van der Waals surface area contributed by atoms with Crippen molar-refractivity contribution in [2.24, 2.45) is 0 Å². The first-order chi connectivity index (χ1) is 24.2. The molecule has 0 spiro atoms. The number of hydrogen-bond acceptors (Lipinski definition) is 2. The summed E-state index contributed by atoms with van der Waals surface area (Å²) in [5, 5.41) is 16.8. The lowest BCUT2D eigenvalue weighted by Crippen LogP contribution is -2.02. The molecule has 7 aromatic carbocycles. The molecule has 0 aliphatic heterocycles. The van der Waals surface area contributed by atoms with Gasteiger partial charge in [0.1, 0.15) is 11.2 Å². The van der Waals surface area contributed by atoms with E-state index in [0.29, 0.717) is 11.3 Å². The minimum atomic E-state index is 0.526. The van der Waals surface area contributed by atoms with Crippen LogP contribution >= 0.6 is 0 Å². The van der Waals surface area contributed by atoms with Crippen LogP contribution < -0.4 is 0 Å². The van der Waals surface area contributed by atoms with Gasteiger partial charge in [0.05, 0.1) is 57.0 Å². The molecule has 0 atom stereocenters. The highest BCUT2D eigenvalue weighted by Gasteiger charge is 2.23. The van der Waals surface area contributed by atoms with E-state index in [4.69, 9.17) is 11.0 Å². The molecule has 0 bridgehead atoms. The minimum absolute atomic E-state index is 0.526. The second kappa shape index (κ2) is 10.2. The van der Waals surface area contributed by atoms with Crippen molar-refractivity contribution >= 4 is 71.2 Å². The predicted molar refractivity (Wildman–Crippen MR) is 199 cm³/mol. The van der Waals surface area contributed by atoms with Gasteiger partial charge in [-0.3, -0.25) is 0 Å². The normalized spacial score (nSPS) is 11.6. The Morgan fingerprint density at radius 1 is 0.531 bits per heavy atom. The number of nitrogens with zero attached hydrogens (tertiary/aromatic N) is 4. The number of benzene rings is 7. The molecule has 3 heterocycles. The first-order valence-corrected chi connectivity index (χ1v) is 16.1. The van der Waals surface area contributed by atoms with E-state index in [1.54, 1.807) is 0 Å². The fraction of sp³-hybridized carbons (Fsp3) is 0. The highest BCUT2D eigenvalue weighted by atomic mass is 16.3. The van der Waals surface area contributed by atoms with Gasteiger partial charge in [-0.1, -0.05) is 78.9 Å². The van der Waals surface area contributed by atoms with E-state index in [0.717, 1.165) is 88.1 Å². The van der Waals surface area contributed by atoms with E-state index in [2.05, 4.69) is 111 Å². The molecular formula is C44H24N4O. The highest BCUT2D eigenvalue weighted by molar-refractivity contribution is 6.24. The van der Waals surface area contributed by atoms with E-state index in [1.165, 1.54) is 0 Å². The zero-order valence-electron chi connectivity index (χ0n) is 26.1. The largest absolute Gasteiger partial charge is 0.456 e. The van der Waals surface area contributed by atoms with Gasteiger partial charge < -0.3 is 13.6 Å². The lowest BCUT2D eigenvalue weighted by atomic mass is 9.98. The van der Waals surface area contributed by atoms with Crippen molar-refractivity contribution in [3.05, 3.63) is 163 Å². The van der Waals surface area contributed by atoms with Crippen LogP contribution in [0.3, 0.4) is 0 Å². The van der Waals surface area contributed by atoms with Crippen molar-refractivity contribution in [3.63, 3.8) is 0 Å². The van der Waals surface area contributed by atoms with Crippen LogP contribution in [-0.2, 0) is 0 Å². The van der Waals surface area contributed by atoms with Gasteiger partial charge in [-0.2, -0.15) is 5.26 Å². The van der Waals surface area contributed by atoms with E-state index < -0.39 is 0 Å². The van der Waals surface area contributed by atoms with Gasteiger partial charge in [0.15, 0.2) is 5.69 Å². The summed E-state index contributed by atoms with van der Waals surface area (Å²) in [6, 6.07) is 51.8. The number of aromatic nitrogens is 2. The molecule has 226 valence electrons. The molecule has 10 aromatic rings. The third-order valence-corrected chi connectivity index (χ3v) is 9.76. The fourth-order valence-corrected chi connectivity index (χ4v) is 7.72. The Morgan fingerprint density at radius 2 is 1.10 bits per heavy atom. The summed E-state index contributed by atoms with van der Waals surface area (Å²) in [5.41, 5.74) is 10.5. The molecule has 0 N–H and O–H groups in total. The van der Waals surface area contributed by atoms with Gasteiger partial charge in [-0.05, 0) is 72.3 Å². The second-order valence-electron chi connectivity index (χ2n) is 12.3. The SMILES string of the molecule is [C-]#[N+]c1ccc(-n2c3ccccc3c3ccccc32)c(-c2cc(C#N)ccc2-n2c3ccccc3c3ccc4oc5ccccc5c4c32)c1. The van der Waals surface area contributed by atoms with Crippen LogP contribution in [0.5, 0.6) is 0 Å². The van der Waals surface area contributed by atoms with Crippen LogP contribution in [-0.4, -0.2) is 9.13 Å². The topological polar surface area (TPSA) is 51.1 Å². The standard InChI is InChI=1S/C44H24N4O/c1-46-28-19-22-39(47-36-14-6-2-10-29(36)30-11-3-7-15-37(30)47)35(25-28)34-24-27(26-45)18-21-40(34)48-38-16-8-4-12-31(38)32-20-23-42-43(44(32)48)33-13-5-9-17-41(33)49-42/h2-25H. The van der Waals surface area contributed by atoms with Crippen LogP contribution in [0.2, 0.25) is 0 Å². The molecule has 0 fully saturated rings. The van der Waals surface area contributed by atoms with Crippen molar-refractivity contribution < 1.29 is 4.42 Å². The molecule has 3 aromatic heterocycles. The number of furan rings is 1. The molecule has 0 saturated heterocycles. The Bertz CT molecular complexity index is 3030. The maximum atomic E-state index is 10.2. The van der Waals surface area contributed by atoms with Crippen LogP contribution in [0.25, 0.3) is 92.9 Å². The quantitative estimate of drug-likeness (QED) is 0.184. The van der Waals surface area contributed by atoms with Crippen LogP contribution in [0, 0.1) is 17.9 Å². The second-order valence-corrected chi connectivity index (χ2v) is 12.3. The molecule has 0 amide bonds. The van der Waals surface area contributed by atoms with Gasteiger partial charge in [-0.15, -0.1) is 0 Å². The lowest BCUT2D eigenvalue weighted by molar-refractivity contribution is 0.669. The molecular weight excluding hydrogens is 601 g/mol. The average Bonchev–Trinajstić information content (AvgIpc) is 3.82. The minimum Gasteiger partial charge on any atom is -0.456 e. The number of para-hydroxylation sites is 4. The van der Waals surface area contributed by atoms with Crippen LogP contribution in [0.4, 0.5) is 5.69 Å². The van der Waals surface area contributed by atoms with Crippen molar-refractivity contribution in [2.75, 3.05) is 0 Å². The molecule has 0 aliphatic carbocycles. The number of nitriles is 1. The monoisotopic (exact) mass is 624 g/mol. The number of hydrogen-bond donors (Lipinski definition) is 0. The summed E-state index contributed by atoms with van der Waals surface area (Å²) in [6.45, 7) is 8.00. The Labute approximate surface area is 280 Å². The lowest BCUT2D eigenvalue weighted by Gasteiger charge is -2.19. The molecule has 5 nitrogen and oxygen atoms in total. The molecule has 10 rings (SSSR count). The van der Waals surface area contributed by atoms with Gasteiger partial charge in [0, 0.05) is 32.5 Å². The van der Waals surface area contributed by atoms with Crippen molar-refractivity contribution in [3.8, 4) is 28.6 Å². The maximum absolute atomic E-state index is 10.2. The fourth-order valence-electron chi connectivity index (χ4n) is 7.72. The Hall–Kier alpha value is -7.08. The highest BCUT2D eigenvalue weighted by Crippen LogP contribution is 2.45. The maximum Gasteiger partial charge on any atom is 0.188 e. The molecule has 0 saturated carbocycles. The molecule has 49 heavy (non-hydrogen) atoms. The summed E-state index contributed by atoms with van der Waals surface area (Å²) in [6.07, 6.45) is 0. The summed E-state index contributed by atoms with van der Waals surface area (Å²) in [4.78, 5) is 3.86. The van der Waals surface area contributed by atoms with Crippen molar-refractivity contribution in [1.29, 1.82) is 5.26 Å². The predicted octanol–water partition coefficient (Wildman–Crippen LogP) is 11.9. The van der Waals surface area contributed by atoms with Gasteiger partial charge in [0.2, 0.25) is 0 Å². The van der Waals surface area contributed by atoms with Crippen molar-refractivity contribution in [1.82, 2.24) is 9.13 Å². The summed E-state index contributed by atoms with van der Waals surface area (Å²) >= 11 is 0. The zero-order valence-corrected chi connectivity index (χ0v) is 26.1. The Morgan fingerprint density at radius 3 is 1.80 bits per heavy atom. The molecule has 5 heteroatoms. The number of rotatable bonds is 3. The Kier molecular flexibility index (Phi) is 5.64. The zero-order chi connectivity index (χ0) is 32.6. The van der Waals surface area contributed by atoms with Crippen molar-refractivity contribution in [2.45, 2.75) is 0 Å². The van der Waals surface area contributed by atoms with Crippen LogP contribution in [0.15, 0.2) is 150 Å². The van der Waals surface area contributed by atoms with E-state index in [1.807, 2.05) is 54.6 Å². The van der Waals surface area contributed by atoms with Gasteiger partial charge >= 0.3 is 0 Å². The molecule has 0 unspecified atom stereocenters. The third-order valence-electron chi connectivity index (χ3n) is 9.76. The molecule has 0 radical (unpaired) electrons. The van der Waals surface area contributed by atoms with Gasteiger partial charge in [-0.25, -0.2) is 4.85 Å². The Balaban J connectivity index is 1.38. The summed E-state index contributed by atoms with van der Waals surface area (Å²) < 4.78 is 11.0. The summed E-state index contributed by atoms with van der Waals surface area (Å²) in [7, 11) is 0. The number of fused-ring (bicyclic) bond motifs is 10.